The smallest absolute Gasteiger partial charge is 0.295 e. The van der Waals surface area contributed by atoms with Crippen LogP contribution < -0.4 is 9.47 Å². The van der Waals surface area contributed by atoms with Crippen molar-refractivity contribution < 1.29 is 14.3 Å². The minimum Gasteiger partial charge on any atom is -0.493 e. The number of aromatic nitrogens is 4. The summed E-state index contributed by atoms with van der Waals surface area (Å²) in [7, 11) is 3.20. The Labute approximate surface area is 121 Å². The summed E-state index contributed by atoms with van der Waals surface area (Å²) in [4.78, 5) is 13.9. The van der Waals surface area contributed by atoms with Crippen molar-refractivity contribution in [1.82, 2.24) is 25.5 Å². The van der Waals surface area contributed by atoms with Crippen LogP contribution in [-0.4, -0.2) is 52.2 Å². The van der Waals surface area contributed by atoms with Crippen LogP contribution >= 0.6 is 0 Å². The maximum atomic E-state index is 12.2. The number of H-pyrrole nitrogens is 1. The van der Waals surface area contributed by atoms with Crippen LogP contribution in [0, 0.1) is 0 Å². The van der Waals surface area contributed by atoms with E-state index in [1.165, 1.54) is 0 Å². The van der Waals surface area contributed by atoms with E-state index in [0.717, 1.165) is 17.5 Å². The van der Waals surface area contributed by atoms with E-state index in [1.54, 1.807) is 19.1 Å². The van der Waals surface area contributed by atoms with Crippen LogP contribution in [0.5, 0.6) is 11.5 Å². The third-order valence-corrected chi connectivity index (χ3v) is 3.54. The van der Waals surface area contributed by atoms with Gasteiger partial charge in [0.1, 0.15) is 0 Å². The number of aromatic amines is 1. The lowest BCUT2D eigenvalue weighted by molar-refractivity contribution is 0.0722. The Morgan fingerprint density at radius 3 is 2.57 bits per heavy atom. The van der Waals surface area contributed by atoms with Crippen molar-refractivity contribution in [2.24, 2.45) is 0 Å². The molecule has 0 atom stereocenters. The molecule has 2 aromatic rings. The molecule has 0 saturated carbocycles. The van der Waals surface area contributed by atoms with Gasteiger partial charge >= 0.3 is 0 Å². The molecule has 0 unspecified atom stereocenters. The van der Waals surface area contributed by atoms with Crippen LogP contribution in [0.3, 0.4) is 0 Å². The van der Waals surface area contributed by atoms with Gasteiger partial charge in [-0.05, 0) is 34.9 Å². The first-order valence-electron chi connectivity index (χ1n) is 6.49. The zero-order valence-corrected chi connectivity index (χ0v) is 11.8. The number of hydrogen-bond acceptors (Lipinski definition) is 6. The van der Waals surface area contributed by atoms with Gasteiger partial charge in [0.05, 0.1) is 14.2 Å². The molecule has 110 valence electrons. The number of carbonyl (C=O) groups is 1. The fourth-order valence-corrected chi connectivity index (χ4v) is 2.45. The number of amides is 1. The summed E-state index contributed by atoms with van der Waals surface area (Å²) >= 11 is 0. The van der Waals surface area contributed by atoms with E-state index in [1.807, 2.05) is 12.1 Å². The van der Waals surface area contributed by atoms with E-state index in [-0.39, 0.29) is 11.7 Å². The number of benzene rings is 1. The molecular formula is C13H15N5O3. The monoisotopic (exact) mass is 289 g/mol. The molecule has 0 bridgehead atoms. The molecule has 1 aliphatic heterocycles. The number of fused-ring (bicyclic) bond motifs is 1. The number of rotatable bonds is 3. The Balaban J connectivity index is 1.86. The molecule has 8 nitrogen and oxygen atoms in total. The van der Waals surface area contributed by atoms with Crippen molar-refractivity contribution in [3.63, 3.8) is 0 Å². The van der Waals surface area contributed by atoms with Crippen molar-refractivity contribution in [3.8, 4) is 11.5 Å². The lowest BCUT2D eigenvalue weighted by Crippen LogP contribution is -2.36. The standard InChI is InChI=1S/C13H15N5O3/c1-20-10-5-8-3-4-18(7-9(8)6-11(10)21-2)13(19)12-14-16-17-15-12/h5-6H,3-4,7H2,1-2H3,(H,14,15,16,17). The maximum absolute atomic E-state index is 12.2. The number of carbonyl (C=O) groups excluding carboxylic acids is 1. The predicted octanol–water partition coefficient (Wildman–Crippen LogP) is 0.415. The second-order valence-electron chi connectivity index (χ2n) is 4.69. The van der Waals surface area contributed by atoms with Gasteiger partial charge in [-0.15, -0.1) is 10.2 Å². The van der Waals surface area contributed by atoms with Gasteiger partial charge in [0, 0.05) is 13.1 Å². The van der Waals surface area contributed by atoms with Gasteiger partial charge in [-0.2, -0.15) is 5.21 Å². The number of ether oxygens (including phenoxy) is 2. The topological polar surface area (TPSA) is 93.2 Å². The van der Waals surface area contributed by atoms with Crippen LogP contribution in [-0.2, 0) is 13.0 Å². The number of nitrogens with one attached hydrogen (secondary N) is 1. The van der Waals surface area contributed by atoms with Crippen LogP contribution in [0.2, 0.25) is 0 Å². The summed E-state index contributed by atoms with van der Waals surface area (Å²) in [6.07, 6.45) is 0.749. The van der Waals surface area contributed by atoms with Gasteiger partial charge in [0.15, 0.2) is 11.5 Å². The molecule has 21 heavy (non-hydrogen) atoms. The van der Waals surface area contributed by atoms with Crippen LogP contribution in [0.25, 0.3) is 0 Å². The second kappa shape index (κ2) is 5.39. The Morgan fingerprint density at radius 1 is 1.24 bits per heavy atom. The van der Waals surface area contributed by atoms with E-state index in [9.17, 15) is 4.79 Å². The molecule has 0 aliphatic carbocycles. The number of tetrazole rings is 1. The van der Waals surface area contributed by atoms with E-state index < -0.39 is 0 Å². The fraction of sp³-hybridized carbons (Fsp3) is 0.385. The minimum absolute atomic E-state index is 0.0823. The predicted molar refractivity (Wildman–Crippen MR) is 72.2 cm³/mol. The SMILES string of the molecule is COc1cc2c(cc1OC)CN(C(=O)c1nn[nH]n1)CC2. The van der Waals surface area contributed by atoms with E-state index in [2.05, 4.69) is 20.6 Å². The highest BCUT2D eigenvalue weighted by Gasteiger charge is 2.25. The zero-order chi connectivity index (χ0) is 14.8. The largest absolute Gasteiger partial charge is 0.493 e. The molecule has 3 rings (SSSR count). The lowest BCUT2D eigenvalue weighted by Gasteiger charge is -2.28. The summed E-state index contributed by atoms with van der Waals surface area (Å²) in [5, 5.41) is 13.2. The Hall–Kier alpha value is -2.64. The van der Waals surface area contributed by atoms with Gasteiger partial charge in [-0.1, -0.05) is 0 Å². The van der Waals surface area contributed by atoms with Crippen molar-refractivity contribution in [2.45, 2.75) is 13.0 Å². The molecule has 1 aliphatic rings. The number of methoxy groups -OCH3 is 2. The van der Waals surface area contributed by atoms with E-state index in [4.69, 9.17) is 9.47 Å². The molecule has 1 aromatic heterocycles. The highest BCUT2D eigenvalue weighted by Crippen LogP contribution is 2.33. The molecule has 0 spiro atoms. The Bertz CT molecular complexity index is 656. The van der Waals surface area contributed by atoms with E-state index >= 15 is 0 Å². The van der Waals surface area contributed by atoms with Crippen LogP contribution in [0.1, 0.15) is 21.7 Å². The van der Waals surface area contributed by atoms with Gasteiger partial charge < -0.3 is 14.4 Å². The average molecular weight is 289 g/mol. The van der Waals surface area contributed by atoms with Crippen molar-refractivity contribution in [2.75, 3.05) is 20.8 Å². The van der Waals surface area contributed by atoms with Crippen molar-refractivity contribution in [3.05, 3.63) is 29.1 Å². The first kappa shape index (κ1) is 13.3. The molecule has 8 heteroatoms. The average Bonchev–Trinajstić information content (AvgIpc) is 3.06. The Kier molecular flexibility index (Phi) is 3.43. The molecule has 0 saturated heterocycles. The Morgan fingerprint density at radius 2 is 1.95 bits per heavy atom. The maximum Gasteiger partial charge on any atom is 0.295 e. The van der Waals surface area contributed by atoms with E-state index in [0.29, 0.717) is 24.6 Å². The molecule has 2 heterocycles. The molecule has 0 fully saturated rings. The van der Waals surface area contributed by atoms with Gasteiger partial charge in [0.25, 0.3) is 11.7 Å². The summed E-state index contributed by atoms with van der Waals surface area (Å²) in [5.74, 6) is 1.21. The summed E-state index contributed by atoms with van der Waals surface area (Å²) in [6.45, 7) is 1.10. The third-order valence-electron chi connectivity index (χ3n) is 3.54. The van der Waals surface area contributed by atoms with Gasteiger partial charge in [-0.25, -0.2) is 0 Å². The van der Waals surface area contributed by atoms with Gasteiger partial charge in [-0.3, -0.25) is 4.79 Å². The molecule has 1 N–H and O–H groups in total. The van der Waals surface area contributed by atoms with Gasteiger partial charge in [0.2, 0.25) is 0 Å². The molecular weight excluding hydrogens is 274 g/mol. The minimum atomic E-state index is -0.232. The first-order valence-corrected chi connectivity index (χ1v) is 6.49. The molecule has 0 radical (unpaired) electrons. The second-order valence-corrected chi connectivity index (χ2v) is 4.69. The molecule has 1 amide bonds. The lowest BCUT2D eigenvalue weighted by atomic mass is 9.98. The quantitative estimate of drug-likeness (QED) is 0.880. The summed E-state index contributed by atoms with van der Waals surface area (Å²) in [5.41, 5.74) is 2.19. The van der Waals surface area contributed by atoms with Crippen molar-refractivity contribution in [1.29, 1.82) is 0 Å². The number of hydrogen-bond donors (Lipinski definition) is 1. The highest BCUT2D eigenvalue weighted by molar-refractivity contribution is 5.90. The third kappa shape index (κ3) is 2.39. The first-order chi connectivity index (χ1) is 10.2. The highest BCUT2D eigenvalue weighted by atomic mass is 16.5. The molecule has 1 aromatic carbocycles. The summed E-state index contributed by atoms with van der Waals surface area (Å²) < 4.78 is 10.6. The van der Waals surface area contributed by atoms with Crippen molar-refractivity contribution >= 4 is 5.91 Å². The zero-order valence-electron chi connectivity index (χ0n) is 11.8. The summed E-state index contributed by atoms with van der Waals surface area (Å²) in [6, 6.07) is 3.87. The normalized spacial score (nSPS) is 13.7. The van der Waals surface area contributed by atoms with Crippen LogP contribution in [0.15, 0.2) is 12.1 Å². The fourth-order valence-electron chi connectivity index (χ4n) is 2.45. The van der Waals surface area contributed by atoms with Crippen LogP contribution in [0.4, 0.5) is 0 Å². The number of nitrogens with zero attached hydrogens (tertiary/aromatic N) is 4.